The lowest BCUT2D eigenvalue weighted by Crippen LogP contribution is -2.60. The number of hydrogen-bond donors (Lipinski definition) is 6. The summed E-state index contributed by atoms with van der Waals surface area (Å²) >= 11 is 0. The lowest BCUT2D eigenvalue weighted by molar-refractivity contribution is -0.302. The van der Waals surface area contributed by atoms with E-state index in [2.05, 4.69) is 24.4 Å². The van der Waals surface area contributed by atoms with E-state index in [0.717, 1.165) is 32.1 Å². The van der Waals surface area contributed by atoms with Gasteiger partial charge >= 0.3 is 0 Å². The molecule has 0 saturated carbocycles. The third kappa shape index (κ3) is 9.78. The summed E-state index contributed by atoms with van der Waals surface area (Å²) in [6.07, 6.45) is 4.78. The van der Waals surface area contributed by atoms with Crippen molar-refractivity contribution in [3.8, 4) is 0 Å². The summed E-state index contributed by atoms with van der Waals surface area (Å²) in [5.74, 6) is -0.284. The monoisotopic (exact) mass is 445 g/mol. The Morgan fingerprint density at radius 2 is 1.74 bits per heavy atom. The predicted octanol–water partition coefficient (Wildman–Crippen LogP) is 0.141. The van der Waals surface area contributed by atoms with Gasteiger partial charge in [0.1, 0.15) is 24.4 Å². The number of aliphatic hydroxyl groups excluding tert-OH is 5. The van der Waals surface area contributed by atoms with Gasteiger partial charge in [0.05, 0.1) is 25.4 Å². The second-order valence-corrected chi connectivity index (χ2v) is 7.67. The van der Waals surface area contributed by atoms with Crippen molar-refractivity contribution in [2.45, 2.75) is 95.2 Å². The number of hydrogen-bond acceptors (Lipinski definition) is 8. The first-order valence-corrected chi connectivity index (χ1v) is 11.1. The topological polar surface area (TPSA) is 149 Å². The maximum absolute atomic E-state index is 11.8. The standard InChI is InChI=1S/C22H39NO8/c1-3-5-6-7-8-9-10-11-12-16(25)15(23-18(26)4-2)14-30-22-21(29)20(28)19(27)17(13-24)31-22/h7-8,11-12,15-17,19-22,24-25,27-29H,3-6,9-10,13-14H2,1-2H3,(H,23,26)/b8-7+,12-11+. The van der Waals surface area contributed by atoms with Crippen LogP contribution in [0, 0.1) is 0 Å². The molecule has 6 N–H and O–H groups in total. The SMILES string of the molecule is CCCC/C=C/CC/C=C/C(O)C(COC1OC(CO)C(O)C(O)C1O)NC(=O)CC. The van der Waals surface area contributed by atoms with Gasteiger partial charge in [-0.1, -0.05) is 51.0 Å². The summed E-state index contributed by atoms with van der Waals surface area (Å²) in [5.41, 5.74) is 0. The van der Waals surface area contributed by atoms with Crippen LogP contribution in [0.25, 0.3) is 0 Å². The highest BCUT2D eigenvalue weighted by Crippen LogP contribution is 2.22. The van der Waals surface area contributed by atoms with Gasteiger partial charge < -0.3 is 40.3 Å². The molecule has 0 aromatic rings. The molecule has 1 amide bonds. The van der Waals surface area contributed by atoms with Crippen LogP contribution >= 0.6 is 0 Å². The summed E-state index contributed by atoms with van der Waals surface area (Å²) in [6, 6.07) is -0.809. The summed E-state index contributed by atoms with van der Waals surface area (Å²) in [4.78, 5) is 11.8. The van der Waals surface area contributed by atoms with Crippen molar-refractivity contribution in [2.24, 2.45) is 0 Å². The van der Waals surface area contributed by atoms with Crippen LogP contribution in [0.3, 0.4) is 0 Å². The second-order valence-electron chi connectivity index (χ2n) is 7.67. The van der Waals surface area contributed by atoms with Crippen molar-refractivity contribution in [1.82, 2.24) is 5.32 Å². The number of allylic oxidation sites excluding steroid dienone is 3. The van der Waals surface area contributed by atoms with Crippen LogP contribution in [0.2, 0.25) is 0 Å². The molecule has 1 saturated heterocycles. The van der Waals surface area contributed by atoms with Crippen LogP contribution in [0.15, 0.2) is 24.3 Å². The van der Waals surface area contributed by atoms with Crippen molar-refractivity contribution >= 4 is 5.91 Å². The molecule has 31 heavy (non-hydrogen) atoms. The quantitative estimate of drug-likeness (QED) is 0.163. The Balaban J connectivity index is 2.62. The van der Waals surface area contributed by atoms with Crippen LogP contribution in [0.1, 0.15) is 52.4 Å². The third-order valence-electron chi connectivity index (χ3n) is 5.09. The molecule has 1 aliphatic heterocycles. The number of ether oxygens (including phenoxy) is 2. The second kappa shape index (κ2) is 15.5. The van der Waals surface area contributed by atoms with E-state index in [1.165, 1.54) is 0 Å². The first-order valence-electron chi connectivity index (χ1n) is 11.1. The molecular formula is C22H39NO8. The summed E-state index contributed by atoms with van der Waals surface area (Å²) in [6.45, 7) is 3.04. The molecule has 9 heteroatoms. The van der Waals surface area contributed by atoms with Crippen molar-refractivity contribution in [3.63, 3.8) is 0 Å². The molecule has 0 aromatic heterocycles. The Morgan fingerprint density at radius 1 is 1.06 bits per heavy atom. The van der Waals surface area contributed by atoms with E-state index in [-0.39, 0.29) is 18.9 Å². The predicted molar refractivity (Wildman–Crippen MR) is 115 cm³/mol. The van der Waals surface area contributed by atoms with E-state index in [4.69, 9.17) is 9.47 Å². The Bertz CT molecular complexity index is 554. The highest BCUT2D eigenvalue weighted by molar-refractivity contribution is 5.75. The van der Waals surface area contributed by atoms with E-state index in [1.54, 1.807) is 13.0 Å². The number of nitrogens with one attached hydrogen (secondary N) is 1. The maximum Gasteiger partial charge on any atom is 0.220 e. The van der Waals surface area contributed by atoms with E-state index < -0.39 is 49.5 Å². The fourth-order valence-corrected chi connectivity index (χ4v) is 3.06. The first kappa shape index (κ1) is 27.7. The average molecular weight is 446 g/mol. The normalized spacial score (nSPS) is 28.8. The Kier molecular flexibility index (Phi) is 13.8. The molecule has 9 nitrogen and oxygen atoms in total. The maximum atomic E-state index is 11.8. The summed E-state index contributed by atoms with van der Waals surface area (Å²) < 4.78 is 10.8. The van der Waals surface area contributed by atoms with Gasteiger partial charge in [-0.2, -0.15) is 0 Å². The molecule has 0 spiro atoms. The van der Waals surface area contributed by atoms with Crippen LogP contribution in [-0.4, -0.2) is 87.5 Å². The van der Waals surface area contributed by atoms with Crippen LogP contribution in [0.5, 0.6) is 0 Å². The lowest BCUT2D eigenvalue weighted by Gasteiger charge is -2.40. The highest BCUT2D eigenvalue weighted by atomic mass is 16.7. The molecule has 0 aromatic carbocycles. The first-order chi connectivity index (χ1) is 14.8. The number of amides is 1. The Hall–Kier alpha value is -1.33. The van der Waals surface area contributed by atoms with Gasteiger partial charge in [-0.25, -0.2) is 0 Å². The molecule has 1 aliphatic rings. The van der Waals surface area contributed by atoms with Gasteiger partial charge in [0, 0.05) is 6.42 Å². The van der Waals surface area contributed by atoms with Gasteiger partial charge in [-0.05, 0) is 19.3 Å². The Morgan fingerprint density at radius 3 is 2.39 bits per heavy atom. The zero-order chi connectivity index (χ0) is 23.2. The minimum Gasteiger partial charge on any atom is -0.394 e. The molecule has 1 rings (SSSR count). The zero-order valence-corrected chi connectivity index (χ0v) is 18.5. The van der Waals surface area contributed by atoms with Gasteiger partial charge in [-0.15, -0.1) is 0 Å². The molecule has 180 valence electrons. The number of rotatable bonds is 14. The molecular weight excluding hydrogens is 406 g/mol. The highest BCUT2D eigenvalue weighted by Gasteiger charge is 2.44. The third-order valence-corrected chi connectivity index (χ3v) is 5.09. The van der Waals surface area contributed by atoms with Crippen molar-refractivity contribution in [3.05, 3.63) is 24.3 Å². The number of unbranched alkanes of at least 4 members (excludes halogenated alkanes) is 3. The van der Waals surface area contributed by atoms with Crippen LogP contribution < -0.4 is 5.32 Å². The van der Waals surface area contributed by atoms with E-state index >= 15 is 0 Å². The van der Waals surface area contributed by atoms with Gasteiger partial charge in [-0.3, -0.25) is 4.79 Å². The molecule has 1 heterocycles. The van der Waals surface area contributed by atoms with Gasteiger partial charge in [0.15, 0.2) is 6.29 Å². The van der Waals surface area contributed by atoms with Crippen LogP contribution in [0.4, 0.5) is 0 Å². The number of carbonyl (C=O) groups excluding carboxylic acids is 1. The fraction of sp³-hybridized carbons (Fsp3) is 0.773. The zero-order valence-electron chi connectivity index (χ0n) is 18.5. The minimum atomic E-state index is -1.56. The molecule has 0 bridgehead atoms. The van der Waals surface area contributed by atoms with E-state index in [9.17, 15) is 30.3 Å². The molecule has 7 atom stereocenters. The van der Waals surface area contributed by atoms with Crippen LogP contribution in [-0.2, 0) is 14.3 Å². The summed E-state index contributed by atoms with van der Waals surface area (Å²) in [5, 5.41) is 52.2. The number of aliphatic hydroxyl groups is 5. The molecule has 0 radical (unpaired) electrons. The fourth-order valence-electron chi connectivity index (χ4n) is 3.06. The molecule has 0 aliphatic carbocycles. The minimum absolute atomic E-state index is 0.211. The Labute approximate surface area is 184 Å². The van der Waals surface area contributed by atoms with Crippen molar-refractivity contribution in [1.29, 1.82) is 0 Å². The number of carbonyl (C=O) groups is 1. The van der Waals surface area contributed by atoms with Gasteiger partial charge in [0.2, 0.25) is 5.91 Å². The average Bonchev–Trinajstić information content (AvgIpc) is 2.77. The van der Waals surface area contributed by atoms with E-state index in [0.29, 0.717) is 0 Å². The largest absolute Gasteiger partial charge is 0.394 e. The molecule has 1 fully saturated rings. The smallest absolute Gasteiger partial charge is 0.220 e. The summed E-state index contributed by atoms with van der Waals surface area (Å²) in [7, 11) is 0. The van der Waals surface area contributed by atoms with Gasteiger partial charge in [0.25, 0.3) is 0 Å². The lowest BCUT2D eigenvalue weighted by atomic mass is 9.99. The molecule has 7 unspecified atom stereocenters. The van der Waals surface area contributed by atoms with E-state index in [1.807, 2.05) is 6.08 Å². The van der Waals surface area contributed by atoms with Crippen molar-refractivity contribution < 1.29 is 39.8 Å². The van der Waals surface area contributed by atoms with Crippen molar-refractivity contribution in [2.75, 3.05) is 13.2 Å².